The second kappa shape index (κ2) is 24.8. The third-order valence-electron chi connectivity index (χ3n) is 7.47. The summed E-state index contributed by atoms with van der Waals surface area (Å²) in [6, 6.07) is 0. The first-order valence-corrected chi connectivity index (χ1v) is 20.3. The molecule has 0 amide bonds. The number of unbranched alkanes of at least 4 members (excludes halogenated alkanes) is 10. The molecule has 0 radical (unpaired) electrons. The molecule has 0 rings (SSSR count). The van der Waals surface area contributed by atoms with Crippen molar-refractivity contribution in [3.8, 4) is 0 Å². The fourth-order valence-electron chi connectivity index (χ4n) is 5.56. The van der Waals surface area contributed by atoms with Crippen LogP contribution in [0, 0.1) is 0 Å². The van der Waals surface area contributed by atoms with Crippen LogP contribution >= 0.6 is 15.4 Å². The Bertz CT molecular complexity index is 616. The standard InChI is InChI=1S/2C14H35N3P.H2O4S/c2*1-8-9-10-11-12-13-14-18(15(2)3,16(4)5)17(6)7;1-5(2,3)4/h2*8-14H2,1-7H3;(H2,1,2,3,4)/q2*+1;/p-2. The zero-order valence-electron chi connectivity index (χ0n) is 29.5. The van der Waals surface area contributed by atoms with Gasteiger partial charge >= 0.3 is 0 Å². The molecule has 0 aromatic carbocycles. The normalized spacial score (nSPS) is 12.8. The lowest BCUT2D eigenvalue weighted by Crippen LogP contribution is -2.37. The quantitative estimate of drug-likeness (QED) is 0.0652. The van der Waals surface area contributed by atoms with Crippen LogP contribution in [0.15, 0.2) is 0 Å². The maximum atomic E-state index is 8.52. The fraction of sp³-hybridized carbons (Fsp3) is 1.00. The lowest BCUT2D eigenvalue weighted by molar-refractivity contribution is 0.352. The summed E-state index contributed by atoms with van der Waals surface area (Å²) in [4.78, 5) is 0. The van der Waals surface area contributed by atoms with Gasteiger partial charge in [-0.1, -0.05) is 65.2 Å². The maximum absolute atomic E-state index is 8.52. The predicted molar refractivity (Wildman–Crippen MR) is 183 cm³/mol. The van der Waals surface area contributed by atoms with Crippen molar-refractivity contribution in [1.82, 2.24) is 28.0 Å². The first kappa shape index (κ1) is 45.9. The van der Waals surface area contributed by atoms with Crippen LogP contribution in [-0.2, 0) is 10.4 Å². The van der Waals surface area contributed by atoms with Crippen LogP contribution in [-0.4, -0.2) is 142 Å². The Morgan fingerprint density at radius 2 is 0.585 bits per heavy atom. The van der Waals surface area contributed by atoms with Crippen molar-refractivity contribution in [3.05, 3.63) is 0 Å². The minimum Gasteiger partial charge on any atom is -0.759 e. The van der Waals surface area contributed by atoms with Gasteiger partial charge in [0.05, 0.1) is 0 Å². The molecule has 0 saturated heterocycles. The molecule has 10 nitrogen and oxygen atoms in total. The zero-order chi connectivity index (χ0) is 32.9. The van der Waals surface area contributed by atoms with E-state index in [9.17, 15) is 0 Å². The van der Waals surface area contributed by atoms with E-state index in [1.807, 2.05) is 0 Å². The molecule has 13 heteroatoms. The molecule has 0 aliphatic rings. The van der Waals surface area contributed by atoms with Crippen LogP contribution < -0.4 is 0 Å². The first-order valence-electron chi connectivity index (χ1n) is 15.3. The molecular weight excluding hydrogens is 578 g/mol. The number of hydrogen-bond donors (Lipinski definition) is 0. The van der Waals surface area contributed by atoms with E-state index in [-0.39, 0.29) is 0 Å². The van der Waals surface area contributed by atoms with Gasteiger partial charge in [-0.15, -0.1) is 0 Å². The first-order chi connectivity index (χ1) is 18.8. The number of nitrogens with zero attached hydrogens (tertiary/aromatic N) is 6. The van der Waals surface area contributed by atoms with Gasteiger partial charge in [0.2, 0.25) is 15.4 Å². The minimum atomic E-state index is -5.17. The molecule has 0 fully saturated rings. The van der Waals surface area contributed by atoms with E-state index in [2.05, 4.69) is 126 Å². The molecular formula is C28H70N6O4P2S. The molecule has 0 spiro atoms. The number of hydrogen-bond acceptors (Lipinski definition) is 10. The van der Waals surface area contributed by atoms with Gasteiger partial charge in [-0.25, -0.2) is 0 Å². The Balaban J connectivity index is -0.000000604. The van der Waals surface area contributed by atoms with Crippen LogP contribution in [0.25, 0.3) is 0 Å². The zero-order valence-corrected chi connectivity index (χ0v) is 32.1. The molecule has 0 heterocycles. The van der Waals surface area contributed by atoms with Gasteiger partial charge in [-0.2, -0.15) is 28.0 Å². The Hall–Kier alpha value is 0.490. The smallest absolute Gasteiger partial charge is 0.225 e. The SMILES string of the molecule is CCCCCCCC[P+](N(C)C)(N(C)C)N(C)C.CCCCCCCC[P+](N(C)C)(N(C)C)N(C)C.O=S(=O)([O-])[O-]. The average Bonchev–Trinajstić information content (AvgIpc) is 2.81. The summed E-state index contributed by atoms with van der Waals surface area (Å²) in [5.41, 5.74) is 0. The lowest BCUT2D eigenvalue weighted by Gasteiger charge is -2.40. The topological polar surface area (TPSA) is 99.7 Å². The van der Waals surface area contributed by atoms with Crippen molar-refractivity contribution in [2.45, 2.75) is 90.9 Å². The van der Waals surface area contributed by atoms with Gasteiger partial charge < -0.3 is 9.11 Å². The molecule has 0 unspecified atom stereocenters. The Morgan fingerprint density at radius 1 is 0.415 bits per heavy atom. The molecule has 0 bridgehead atoms. The molecule has 252 valence electrons. The molecule has 0 N–H and O–H groups in total. The van der Waals surface area contributed by atoms with Gasteiger partial charge in [0, 0.05) is 95.0 Å². The Morgan fingerprint density at radius 3 is 0.756 bits per heavy atom. The van der Waals surface area contributed by atoms with Gasteiger partial charge in [-0.05, 0) is 25.7 Å². The molecule has 0 aromatic heterocycles. The highest BCUT2D eigenvalue weighted by molar-refractivity contribution is 7.79. The average molecular weight is 649 g/mol. The van der Waals surface area contributed by atoms with Crippen LogP contribution in [0.1, 0.15) is 90.9 Å². The monoisotopic (exact) mass is 648 g/mol. The Labute approximate surface area is 258 Å². The summed E-state index contributed by atoms with van der Waals surface area (Å²) >= 11 is 0. The van der Waals surface area contributed by atoms with Crippen molar-refractivity contribution in [2.24, 2.45) is 0 Å². The summed E-state index contributed by atoms with van der Waals surface area (Å²) in [7, 11) is 19.0. The van der Waals surface area contributed by atoms with Crippen LogP contribution in [0.4, 0.5) is 0 Å². The predicted octanol–water partition coefficient (Wildman–Crippen LogP) is 6.25. The maximum Gasteiger partial charge on any atom is 0.225 e. The third kappa shape index (κ3) is 20.2. The van der Waals surface area contributed by atoms with Crippen LogP contribution in [0.5, 0.6) is 0 Å². The largest absolute Gasteiger partial charge is 0.759 e. The summed E-state index contributed by atoms with van der Waals surface area (Å²) in [5.74, 6) is 0. The number of rotatable bonds is 20. The van der Waals surface area contributed by atoms with E-state index < -0.39 is 25.8 Å². The van der Waals surface area contributed by atoms with Crippen molar-refractivity contribution >= 4 is 25.8 Å². The molecule has 0 saturated carbocycles. The minimum absolute atomic E-state index is 1.27. The molecule has 0 aliphatic carbocycles. The summed E-state index contributed by atoms with van der Waals surface area (Å²) < 4.78 is 48.7. The van der Waals surface area contributed by atoms with Gasteiger partial charge in [0.25, 0.3) is 0 Å². The highest BCUT2D eigenvalue weighted by Crippen LogP contribution is 2.64. The van der Waals surface area contributed by atoms with E-state index in [0.717, 1.165) is 0 Å². The van der Waals surface area contributed by atoms with E-state index in [4.69, 9.17) is 17.5 Å². The molecule has 0 aliphatic heterocycles. The van der Waals surface area contributed by atoms with E-state index in [1.165, 1.54) is 89.4 Å². The van der Waals surface area contributed by atoms with Gasteiger partial charge in [-0.3, -0.25) is 8.42 Å². The summed E-state index contributed by atoms with van der Waals surface area (Å²) in [6.45, 7) is 4.56. The van der Waals surface area contributed by atoms with E-state index in [0.29, 0.717) is 0 Å². The van der Waals surface area contributed by atoms with Crippen molar-refractivity contribution in [2.75, 3.05) is 96.9 Å². The highest BCUT2D eigenvalue weighted by atomic mass is 32.3. The third-order valence-corrected chi connectivity index (χ3v) is 17.0. The molecule has 41 heavy (non-hydrogen) atoms. The van der Waals surface area contributed by atoms with Crippen molar-refractivity contribution in [1.29, 1.82) is 0 Å². The second-order valence-corrected chi connectivity index (χ2v) is 21.1. The lowest BCUT2D eigenvalue weighted by atomic mass is 10.1. The van der Waals surface area contributed by atoms with Crippen molar-refractivity contribution in [3.63, 3.8) is 0 Å². The second-order valence-electron chi connectivity index (χ2n) is 11.9. The van der Waals surface area contributed by atoms with E-state index in [1.54, 1.807) is 0 Å². The van der Waals surface area contributed by atoms with Gasteiger partial charge in [0.1, 0.15) is 12.3 Å². The molecule has 0 atom stereocenters. The molecule has 0 aromatic rings. The fourth-order valence-corrected chi connectivity index (χ4v) is 13.5. The highest BCUT2D eigenvalue weighted by Gasteiger charge is 2.47. The summed E-state index contributed by atoms with van der Waals surface area (Å²) in [5, 5.41) is 0. The van der Waals surface area contributed by atoms with Crippen LogP contribution in [0.3, 0.4) is 0 Å². The van der Waals surface area contributed by atoms with Gasteiger partial charge in [0.15, 0.2) is 0 Å². The van der Waals surface area contributed by atoms with E-state index >= 15 is 0 Å². The van der Waals surface area contributed by atoms with Crippen LogP contribution in [0.2, 0.25) is 0 Å². The Kier molecular flexibility index (Phi) is 27.7. The van der Waals surface area contributed by atoms with Crippen molar-refractivity contribution < 1.29 is 17.5 Å². The summed E-state index contributed by atoms with van der Waals surface area (Å²) in [6.07, 6.45) is 19.2.